The largest absolute Gasteiger partial charge is 0.493 e. The van der Waals surface area contributed by atoms with Crippen molar-refractivity contribution in [3.63, 3.8) is 0 Å². The van der Waals surface area contributed by atoms with E-state index in [-0.39, 0.29) is 0 Å². The SMILES string of the molecule is COc1ccccc1Oc1ccc(CNC(C)C)cn1. The van der Waals surface area contributed by atoms with Crippen LogP contribution in [0.1, 0.15) is 19.4 Å². The highest BCUT2D eigenvalue weighted by molar-refractivity contribution is 5.41. The van der Waals surface area contributed by atoms with Gasteiger partial charge in [0.25, 0.3) is 0 Å². The number of hydrogen-bond donors (Lipinski definition) is 1. The molecule has 106 valence electrons. The van der Waals surface area contributed by atoms with Crippen molar-refractivity contribution in [3.8, 4) is 17.4 Å². The Morgan fingerprint density at radius 1 is 1.10 bits per heavy atom. The van der Waals surface area contributed by atoms with Crippen LogP contribution in [-0.2, 0) is 6.54 Å². The summed E-state index contributed by atoms with van der Waals surface area (Å²) in [6.45, 7) is 5.04. The first-order valence-corrected chi connectivity index (χ1v) is 6.68. The first-order chi connectivity index (χ1) is 9.69. The quantitative estimate of drug-likeness (QED) is 0.875. The van der Waals surface area contributed by atoms with Gasteiger partial charge in [0, 0.05) is 24.8 Å². The minimum atomic E-state index is 0.458. The van der Waals surface area contributed by atoms with E-state index < -0.39 is 0 Å². The molecular formula is C16H20N2O2. The van der Waals surface area contributed by atoms with Crippen LogP contribution < -0.4 is 14.8 Å². The summed E-state index contributed by atoms with van der Waals surface area (Å²) in [6, 6.07) is 11.8. The molecule has 0 aliphatic carbocycles. The van der Waals surface area contributed by atoms with Crippen molar-refractivity contribution in [2.75, 3.05) is 7.11 Å². The standard InChI is InChI=1S/C16H20N2O2/c1-12(2)17-10-13-8-9-16(18-11-13)20-15-7-5-4-6-14(15)19-3/h4-9,11-12,17H,10H2,1-3H3. The molecule has 2 rings (SSSR count). The Labute approximate surface area is 119 Å². The molecule has 1 aromatic carbocycles. The fourth-order valence-corrected chi connectivity index (χ4v) is 1.71. The van der Waals surface area contributed by atoms with Crippen molar-refractivity contribution in [2.24, 2.45) is 0 Å². The third-order valence-corrected chi connectivity index (χ3v) is 2.80. The lowest BCUT2D eigenvalue weighted by Gasteiger charge is -2.10. The van der Waals surface area contributed by atoms with E-state index in [1.807, 2.05) is 42.6 Å². The summed E-state index contributed by atoms with van der Waals surface area (Å²) in [6.07, 6.45) is 1.82. The molecule has 1 N–H and O–H groups in total. The molecule has 0 saturated heterocycles. The van der Waals surface area contributed by atoms with Crippen LogP contribution in [0.2, 0.25) is 0 Å². The summed E-state index contributed by atoms with van der Waals surface area (Å²) >= 11 is 0. The summed E-state index contributed by atoms with van der Waals surface area (Å²) in [5.41, 5.74) is 1.13. The van der Waals surface area contributed by atoms with Gasteiger partial charge in [0.15, 0.2) is 11.5 Å². The zero-order valence-electron chi connectivity index (χ0n) is 12.1. The van der Waals surface area contributed by atoms with Crippen molar-refractivity contribution in [2.45, 2.75) is 26.4 Å². The van der Waals surface area contributed by atoms with E-state index in [9.17, 15) is 0 Å². The molecule has 0 bridgehead atoms. The maximum Gasteiger partial charge on any atom is 0.219 e. The predicted octanol–water partition coefficient (Wildman–Crippen LogP) is 3.38. The first-order valence-electron chi connectivity index (χ1n) is 6.68. The van der Waals surface area contributed by atoms with E-state index in [1.165, 1.54) is 0 Å². The van der Waals surface area contributed by atoms with Gasteiger partial charge in [-0.1, -0.05) is 32.0 Å². The number of para-hydroxylation sites is 2. The highest BCUT2D eigenvalue weighted by Crippen LogP contribution is 2.29. The van der Waals surface area contributed by atoms with Gasteiger partial charge in [-0.3, -0.25) is 0 Å². The summed E-state index contributed by atoms with van der Waals surface area (Å²) in [4.78, 5) is 4.31. The lowest BCUT2D eigenvalue weighted by atomic mass is 10.2. The zero-order valence-corrected chi connectivity index (χ0v) is 12.1. The number of aromatic nitrogens is 1. The predicted molar refractivity (Wildman–Crippen MR) is 79.3 cm³/mol. The second-order valence-electron chi connectivity index (χ2n) is 4.79. The molecule has 0 radical (unpaired) electrons. The Hall–Kier alpha value is -2.07. The van der Waals surface area contributed by atoms with E-state index in [1.54, 1.807) is 7.11 Å². The van der Waals surface area contributed by atoms with Crippen molar-refractivity contribution in [1.29, 1.82) is 0 Å². The molecular weight excluding hydrogens is 252 g/mol. The minimum absolute atomic E-state index is 0.458. The minimum Gasteiger partial charge on any atom is -0.493 e. The van der Waals surface area contributed by atoms with Crippen molar-refractivity contribution in [1.82, 2.24) is 10.3 Å². The molecule has 4 heteroatoms. The molecule has 2 aromatic rings. The lowest BCUT2D eigenvalue weighted by molar-refractivity contribution is 0.374. The zero-order chi connectivity index (χ0) is 14.4. The Morgan fingerprint density at radius 2 is 1.85 bits per heavy atom. The van der Waals surface area contributed by atoms with Crippen LogP contribution in [0.4, 0.5) is 0 Å². The molecule has 20 heavy (non-hydrogen) atoms. The van der Waals surface area contributed by atoms with Crippen molar-refractivity contribution < 1.29 is 9.47 Å². The van der Waals surface area contributed by atoms with E-state index in [0.29, 0.717) is 23.4 Å². The van der Waals surface area contributed by atoms with Gasteiger partial charge in [0.1, 0.15) is 0 Å². The third kappa shape index (κ3) is 3.96. The van der Waals surface area contributed by atoms with Crippen LogP contribution in [0.25, 0.3) is 0 Å². The molecule has 4 nitrogen and oxygen atoms in total. The molecule has 1 heterocycles. The molecule has 0 aliphatic heterocycles. The number of nitrogens with one attached hydrogen (secondary N) is 1. The van der Waals surface area contributed by atoms with Crippen LogP contribution in [0.15, 0.2) is 42.6 Å². The summed E-state index contributed by atoms with van der Waals surface area (Å²) < 4.78 is 11.0. The lowest BCUT2D eigenvalue weighted by Crippen LogP contribution is -2.21. The maximum atomic E-state index is 5.72. The van der Waals surface area contributed by atoms with Crippen molar-refractivity contribution >= 4 is 0 Å². The Balaban J connectivity index is 2.03. The van der Waals surface area contributed by atoms with E-state index in [2.05, 4.69) is 24.1 Å². The van der Waals surface area contributed by atoms with E-state index in [4.69, 9.17) is 9.47 Å². The van der Waals surface area contributed by atoms with Gasteiger partial charge in [-0.2, -0.15) is 0 Å². The van der Waals surface area contributed by atoms with Crippen LogP contribution in [0.3, 0.4) is 0 Å². The third-order valence-electron chi connectivity index (χ3n) is 2.80. The molecule has 0 saturated carbocycles. The Kier molecular flexibility index (Phi) is 4.96. The Morgan fingerprint density at radius 3 is 2.45 bits per heavy atom. The monoisotopic (exact) mass is 272 g/mol. The van der Waals surface area contributed by atoms with Crippen LogP contribution >= 0.6 is 0 Å². The van der Waals surface area contributed by atoms with Gasteiger partial charge in [0.2, 0.25) is 5.88 Å². The van der Waals surface area contributed by atoms with Gasteiger partial charge in [-0.25, -0.2) is 4.98 Å². The highest BCUT2D eigenvalue weighted by atomic mass is 16.5. The van der Waals surface area contributed by atoms with Gasteiger partial charge in [-0.05, 0) is 17.7 Å². The van der Waals surface area contributed by atoms with Crippen LogP contribution in [0.5, 0.6) is 17.4 Å². The number of hydrogen-bond acceptors (Lipinski definition) is 4. The molecule has 0 fully saturated rings. The summed E-state index contributed by atoms with van der Waals surface area (Å²) in [7, 11) is 1.62. The highest BCUT2D eigenvalue weighted by Gasteiger charge is 2.05. The number of pyridine rings is 1. The average molecular weight is 272 g/mol. The van der Waals surface area contributed by atoms with Crippen LogP contribution in [-0.4, -0.2) is 18.1 Å². The van der Waals surface area contributed by atoms with E-state index >= 15 is 0 Å². The molecule has 0 amide bonds. The van der Waals surface area contributed by atoms with Gasteiger partial charge < -0.3 is 14.8 Å². The molecule has 1 aromatic heterocycles. The molecule has 0 atom stereocenters. The molecule has 0 unspecified atom stereocenters. The Bertz CT molecular complexity index is 538. The molecule has 0 spiro atoms. The number of benzene rings is 1. The maximum absolute atomic E-state index is 5.72. The van der Waals surface area contributed by atoms with Gasteiger partial charge >= 0.3 is 0 Å². The number of nitrogens with zero attached hydrogens (tertiary/aromatic N) is 1. The smallest absolute Gasteiger partial charge is 0.219 e. The number of rotatable bonds is 6. The van der Waals surface area contributed by atoms with Gasteiger partial charge in [-0.15, -0.1) is 0 Å². The normalized spacial score (nSPS) is 10.6. The second kappa shape index (κ2) is 6.91. The van der Waals surface area contributed by atoms with Gasteiger partial charge in [0.05, 0.1) is 7.11 Å². The number of ether oxygens (including phenoxy) is 2. The van der Waals surface area contributed by atoms with Crippen molar-refractivity contribution in [3.05, 3.63) is 48.2 Å². The second-order valence-corrected chi connectivity index (χ2v) is 4.79. The van der Waals surface area contributed by atoms with E-state index in [0.717, 1.165) is 12.1 Å². The fraction of sp³-hybridized carbons (Fsp3) is 0.312. The topological polar surface area (TPSA) is 43.4 Å². The fourth-order valence-electron chi connectivity index (χ4n) is 1.71. The first kappa shape index (κ1) is 14.3. The number of methoxy groups -OCH3 is 1. The molecule has 0 aliphatic rings. The van der Waals surface area contributed by atoms with Crippen LogP contribution in [0, 0.1) is 0 Å². The summed E-state index contributed by atoms with van der Waals surface area (Å²) in [5.74, 6) is 1.92. The average Bonchev–Trinajstić information content (AvgIpc) is 2.47. The summed E-state index contributed by atoms with van der Waals surface area (Å²) in [5, 5.41) is 3.35.